The van der Waals surface area contributed by atoms with E-state index in [1.807, 2.05) is 13.8 Å². The van der Waals surface area contributed by atoms with Crippen LogP contribution < -0.4 is 16.6 Å². The van der Waals surface area contributed by atoms with Gasteiger partial charge in [0.25, 0.3) is 5.56 Å². The highest BCUT2D eigenvalue weighted by Gasteiger charge is 2.20. The van der Waals surface area contributed by atoms with Crippen molar-refractivity contribution in [2.75, 3.05) is 5.32 Å². The number of imidazole rings is 1. The topological polar surface area (TPSA) is 130 Å². The van der Waals surface area contributed by atoms with Crippen LogP contribution in [0.2, 0.25) is 5.28 Å². The first kappa shape index (κ1) is 17.9. The minimum Gasteiger partial charge on any atom is -0.408 e. The molecule has 138 valence electrons. The monoisotopic (exact) mass is 381 g/mol. The number of nitrogens with one attached hydrogen (secondary N) is 1. The lowest BCUT2D eigenvalue weighted by Gasteiger charge is -2.06. The Morgan fingerprint density at radius 3 is 2.54 bits per heavy atom. The Morgan fingerprint density at radius 2 is 1.92 bits per heavy atom. The highest BCUT2D eigenvalue weighted by atomic mass is 35.5. The van der Waals surface area contributed by atoms with Crippen molar-refractivity contribution in [1.29, 1.82) is 0 Å². The van der Waals surface area contributed by atoms with Crippen molar-refractivity contribution in [3.63, 3.8) is 0 Å². The number of anilines is 1. The van der Waals surface area contributed by atoms with Gasteiger partial charge in [0.2, 0.25) is 17.1 Å². The van der Waals surface area contributed by atoms with Crippen molar-refractivity contribution in [1.82, 2.24) is 28.9 Å². The predicted molar refractivity (Wildman–Crippen MR) is 92.2 cm³/mol. The number of aromatic nitrogens is 6. The largest absolute Gasteiger partial charge is 0.408 e. The number of nitrogens with zero attached hydrogens (tertiary/aromatic N) is 6. The minimum atomic E-state index is -0.602. The molecule has 0 aromatic carbocycles. The summed E-state index contributed by atoms with van der Waals surface area (Å²) in [4.78, 5) is 40.7. The molecule has 1 N–H and O–H groups in total. The molecule has 3 rings (SSSR count). The van der Waals surface area contributed by atoms with E-state index in [0.717, 1.165) is 4.57 Å². The van der Waals surface area contributed by atoms with Crippen LogP contribution in [0.3, 0.4) is 0 Å². The summed E-state index contributed by atoms with van der Waals surface area (Å²) in [5.74, 6) is -0.138. The molecule has 3 aromatic rings. The van der Waals surface area contributed by atoms with E-state index in [9.17, 15) is 14.4 Å². The van der Waals surface area contributed by atoms with E-state index in [0.29, 0.717) is 5.89 Å². The maximum absolute atomic E-state index is 12.4. The summed E-state index contributed by atoms with van der Waals surface area (Å²) in [5, 5.41) is 9.89. The lowest BCUT2D eigenvalue weighted by Crippen LogP contribution is -2.37. The van der Waals surface area contributed by atoms with E-state index in [4.69, 9.17) is 16.0 Å². The molecule has 0 fully saturated rings. The molecule has 0 atom stereocenters. The number of hydrogen-bond acceptors (Lipinski definition) is 7. The molecule has 26 heavy (non-hydrogen) atoms. The Morgan fingerprint density at radius 1 is 1.23 bits per heavy atom. The van der Waals surface area contributed by atoms with Gasteiger partial charge in [0.15, 0.2) is 11.2 Å². The summed E-state index contributed by atoms with van der Waals surface area (Å²) in [6, 6.07) is -0.0560. The number of hydrogen-bond donors (Lipinski definition) is 1. The van der Waals surface area contributed by atoms with Crippen LogP contribution in [0.15, 0.2) is 14.0 Å². The molecule has 3 aromatic heterocycles. The van der Waals surface area contributed by atoms with E-state index >= 15 is 0 Å². The molecule has 0 aliphatic heterocycles. The first-order valence-corrected chi connectivity index (χ1v) is 8.03. The third-order valence-electron chi connectivity index (χ3n) is 3.78. The summed E-state index contributed by atoms with van der Waals surface area (Å²) in [5.41, 5.74) is -1.01. The average molecular weight is 382 g/mol. The van der Waals surface area contributed by atoms with Crippen LogP contribution in [-0.4, -0.2) is 34.8 Å². The van der Waals surface area contributed by atoms with Gasteiger partial charge in [0.05, 0.1) is 0 Å². The van der Waals surface area contributed by atoms with Gasteiger partial charge in [-0.1, -0.05) is 18.9 Å². The SMILES string of the molecule is CC(C)c1nnc(NC(=O)Cn2c(Cl)nc3c2c(=O)n(C)c(=O)n3C)o1. The maximum atomic E-state index is 12.4. The molecule has 3 heterocycles. The van der Waals surface area contributed by atoms with Crippen molar-refractivity contribution >= 4 is 34.7 Å². The minimum absolute atomic E-state index is 0.0181. The Bertz CT molecular complexity index is 1120. The number of carbonyl (C=O) groups excluding carboxylic acids is 1. The molecule has 0 saturated heterocycles. The third-order valence-corrected chi connectivity index (χ3v) is 4.07. The molecule has 0 aliphatic carbocycles. The highest BCUT2D eigenvalue weighted by molar-refractivity contribution is 6.29. The lowest BCUT2D eigenvalue weighted by molar-refractivity contribution is -0.116. The quantitative estimate of drug-likeness (QED) is 0.640. The molecular weight excluding hydrogens is 366 g/mol. The van der Waals surface area contributed by atoms with Crippen molar-refractivity contribution < 1.29 is 9.21 Å². The number of rotatable bonds is 4. The van der Waals surface area contributed by atoms with E-state index in [1.165, 1.54) is 23.2 Å². The van der Waals surface area contributed by atoms with Gasteiger partial charge in [0.1, 0.15) is 6.54 Å². The van der Waals surface area contributed by atoms with Gasteiger partial charge in [0, 0.05) is 20.0 Å². The molecule has 0 unspecified atom stereocenters. The van der Waals surface area contributed by atoms with Gasteiger partial charge in [-0.3, -0.25) is 28.6 Å². The lowest BCUT2D eigenvalue weighted by atomic mass is 10.2. The van der Waals surface area contributed by atoms with E-state index in [2.05, 4.69) is 20.5 Å². The van der Waals surface area contributed by atoms with Crippen LogP contribution in [0.4, 0.5) is 6.01 Å². The molecule has 11 nitrogen and oxygen atoms in total. The fourth-order valence-electron chi connectivity index (χ4n) is 2.39. The predicted octanol–water partition coefficient (Wildman–Crippen LogP) is 0.232. The van der Waals surface area contributed by atoms with Gasteiger partial charge in [-0.2, -0.15) is 4.98 Å². The van der Waals surface area contributed by atoms with E-state index in [-0.39, 0.29) is 34.9 Å². The zero-order chi connectivity index (χ0) is 19.2. The molecule has 0 radical (unpaired) electrons. The van der Waals surface area contributed by atoms with Gasteiger partial charge in [-0.15, -0.1) is 5.10 Å². The number of halogens is 1. The summed E-state index contributed by atoms with van der Waals surface area (Å²) >= 11 is 6.07. The Hall–Kier alpha value is -2.95. The maximum Gasteiger partial charge on any atom is 0.332 e. The van der Waals surface area contributed by atoms with Gasteiger partial charge < -0.3 is 4.42 Å². The molecule has 0 spiro atoms. The fourth-order valence-corrected chi connectivity index (χ4v) is 2.61. The third kappa shape index (κ3) is 2.90. The Balaban J connectivity index is 1.95. The van der Waals surface area contributed by atoms with Crippen LogP contribution in [0.25, 0.3) is 11.2 Å². The van der Waals surface area contributed by atoms with Crippen LogP contribution in [0, 0.1) is 0 Å². The van der Waals surface area contributed by atoms with Crippen LogP contribution in [-0.2, 0) is 25.4 Å². The second-order valence-corrected chi connectivity index (χ2v) is 6.33. The first-order valence-electron chi connectivity index (χ1n) is 7.65. The summed E-state index contributed by atoms with van der Waals surface area (Å²) < 4.78 is 8.63. The van der Waals surface area contributed by atoms with E-state index < -0.39 is 17.2 Å². The van der Waals surface area contributed by atoms with Crippen molar-refractivity contribution in [3.05, 3.63) is 32.0 Å². The fraction of sp³-hybridized carbons (Fsp3) is 0.429. The van der Waals surface area contributed by atoms with Crippen molar-refractivity contribution in [2.45, 2.75) is 26.3 Å². The Kier molecular flexibility index (Phi) is 4.40. The number of carbonyl (C=O) groups is 1. The molecular formula is C14H16ClN7O4. The van der Waals surface area contributed by atoms with Crippen LogP contribution in [0.5, 0.6) is 0 Å². The highest BCUT2D eigenvalue weighted by Crippen LogP contribution is 2.17. The average Bonchev–Trinajstić information content (AvgIpc) is 3.16. The zero-order valence-electron chi connectivity index (χ0n) is 14.5. The van der Waals surface area contributed by atoms with Crippen LogP contribution in [0.1, 0.15) is 25.7 Å². The van der Waals surface area contributed by atoms with Gasteiger partial charge >= 0.3 is 11.7 Å². The van der Waals surface area contributed by atoms with Gasteiger partial charge in [-0.05, 0) is 11.6 Å². The standard InChI is InChI=1S/C14H16ClN7O4/c1-6(2)10-18-19-13(26-10)16-7(23)5-22-8-9(17-12(22)15)20(3)14(25)21(4)11(8)24/h6H,5H2,1-4H3,(H,16,19,23). The van der Waals surface area contributed by atoms with Gasteiger partial charge in [-0.25, -0.2) is 4.79 Å². The Labute approximate surface area is 151 Å². The second kappa shape index (κ2) is 6.41. The second-order valence-electron chi connectivity index (χ2n) is 5.99. The molecule has 1 amide bonds. The normalized spacial score (nSPS) is 11.5. The molecule has 12 heteroatoms. The van der Waals surface area contributed by atoms with Crippen molar-refractivity contribution in [2.24, 2.45) is 14.1 Å². The zero-order valence-corrected chi connectivity index (χ0v) is 15.2. The molecule has 0 bridgehead atoms. The van der Waals surface area contributed by atoms with E-state index in [1.54, 1.807) is 0 Å². The summed E-state index contributed by atoms with van der Waals surface area (Å²) in [7, 11) is 2.80. The number of amides is 1. The summed E-state index contributed by atoms with van der Waals surface area (Å²) in [6.45, 7) is 3.43. The van der Waals surface area contributed by atoms with Crippen molar-refractivity contribution in [3.8, 4) is 0 Å². The first-order chi connectivity index (χ1) is 12.2. The number of fused-ring (bicyclic) bond motifs is 1. The number of aryl methyl sites for hydroxylation is 1. The molecule has 0 saturated carbocycles. The summed E-state index contributed by atoms with van der Waals surface area (Å²) in [6.07, 6.45) is 0. The van der Waals surface area contributed by atoms with Crippen LogP contribution >= 0.6 is 11.6 Å². The smallest absolute Gasteiger partial charge is 0.332 e. The molecule has 0 aliphatic rings.